The molecule has 1 saturated carbocycles. The first-order valence-electron chi connectivity index (χ1n) is 7.68. The number of hydrogen-bond donors (Lipinski definition) is 2. The largest absolute Gasteiger partial charge is 0.454 e. The van der Waals surface area contributed by atoms with E-state index in [4.69, 9.17) is 15.2 Å². The molecule has 1 aromatic carbocycles. The van der Waals surface area contributed by atoms with Gasteiger partial charge in [0.1, 0.15) is 0 Å². The second-order valence-electron chi connectivity index (χ2n) is 5.78. The fourth-order valence-corrected chi connectivity index (χ4v) is 3.20. The summed E-state index contributed by atoms with van der Waals surface area (Å²) in [5.74, 6) is 1.73. The zero-order chi connectivity index (χ0) is 14.7. The van der Waals surface area contributed by atoms with E-state index in [1.165, 1.54) is 19.3 Å². The number of nitrogens with two attached hydrogens (primary N) is 1. The van der Waals surface area contributed by atoms with Crippen molar-refractivity contribution in [1.82, 2.24) is 5.32 Å². The summed E-state index contributed by atoms with van der Waals surface area (Å²) in [6.45, 7) is 0.703. The molecule has 5 heteroatoms. The quantitative estimate of drug-likeness (QED) is 0.890. The van der Waals surface area contributed by atoms with Crippen molar-refractivity contribution in [2.24, 2.45) is 11.7 Å². The molecule has 3 rings (SSSR count). The monoisotopic (exact) mass is 290 g/mol. The van der Waals surface area contributed by atoms with E-state index in [0.717, 1.165) is 12.8 Å². The molecule has 0 spiro atoms. The molecule has 1 heterocycles. The van der Waals surface area contributed by atoms with Crippen LogP contribution < -0.4 is 20.5 Å². The number of fused-ring (bicyclic) bond motifs is 1. The lowest BCUT2D eigenvalue weighted by atomic mass is 9.84. The van der Waals surface area contributed by atoms with E-state index in [1.54, 1.807) is 18.2 Å². The molecule has 5 nitrogen and oxygen atoms in total. The highest BCUT2D eigenvalue weighted by Crippen LogP contribution is 2.32. The van der Waals surface area contributed by atoms with E-state index >= 15 is 0 Å². The van der Waals surface area contributed by atoms with Crippen molar-refractivity contribution < 1.29 is 14.3 Å². The van der Waals surface area contributed by atoms with Crippen molar-refractivity contribution in [2.45, 2.75) is 38.1 Å². The minimum Gasteiger partial charge on any atom is -0.454 e. The van der Waals surface area contributed by atoms with Gasteiger partial charge in [-0.2, -0.15) is 0 Å². The summed E-state index contributed by atoms with van der Waals surface area (Å²) in [5.41, 5.74) is 6.45. The average Bonchev–Trinajstić information content (AvgIpc) is 3.00. The molecule has 21 heavy (non-hydrogen) atoms. The van der Waals surface area contributed by atoms with Crippen molar-refractivity contribution >= 4 is 5.91 Å². The predicted molar refractivity (Wildman–Crippen MR) is 79.4 cm³/mol. The highest BCUT2D eigenvalue weighted by atomic mass is 16.7. The van der Waals surface area contributed by atoms with Crippen LogP contribution in [0.25, 0.3) is 0 Å². The van der Waals surface area contributed by atoms with E-state index in [0.29, 0.717) is 29.5 Å². The highest BCUT2D eigenvalue weighted by Gasteiger charge is 2.25. The molecule has 0 aromatic heterocycles. The van der Waals surface area contributed by atoms with Crippen molar-refractivity contribution in [3.63, 3.8) is 0 Å². The number of carbonyl (C=O) groups is 1. The Morgan fingerprint density at radius 2 is 2.00 bits per heavy atom. The molecular weight excluding hydrogens is 268 g/mol. The molecule has 1 aromatic rings. The summed E-state index contributed by atoms with van der Waals surface area (Å²) < 4.78 is 10.6. The van der Waals surface area contributed by atoms with Crippen LogP contribution in [0, 0.1) is 5.92 Å². The Morgan fingerprint density at radius 1 is 1.24 bits per heavy atom. The van der Waals surface area contributed by atoms with Crippen LogP contribution in [0.2, 0.25) is 0 Å². The Kier molecular flexibility index (Phi) is 4.29. The van der Waals surface area contributed by atoms with E-state index in [2.05, 4.69) is 5.32 Å². The number of hydrogen-bond acceptors (Lipinski definition) is 4. The fourth-order valence-electron chi connectivity index (χ4n) is 3.20. The van der Waals surface area contributed by atoms with E-state index < -0.39 is 0 Å². The van der Waals surface area contributed by atoms with Crippen LogP contribution >= 0.6 is 0 Å². The van der Waals surface area contributed by atoms with Gasteiger partial charge in [-0.3, -0.25) is 4.79 Å². The summed E-state index contributed by atoms with van der Waals surface area (Å²) in [4.78, 5) is 12.4. The number of benzene rings is 1. The van der Waals surface area contributed by atoms with Gasteiger partial charge in [0.15, 0.2) is 11.5 Å². The molecule has 1 unspecified atom stereocenters. The molecule has 2 aliphatic rings. The summed E-state index contributed by atoms with van der Waals surface area (Å²) in [7, 11) is 0. The zero-order valence-electron chi connectivity index (χ0n) is 12.1. The van der Waals surface area contributed by atoms with Crippen molar-refractivity contribution in [3.05, 3.63) is 23.8 Å². The Balaban J connectivity index is 1.66. The van der Waals surface area contributed by atoms with Crippen LogP contribution in [0.1, 0.15) is 42.5 Å². The SMILES string of the molecule is NCC(NC(=O)c1ccc2c(c1)OCO2)C1CCCCC1. The molecule has 1 aliphatic carbocycles. The first kappa shape index (κ1) is 14.2. The molecule has 0 saturated heterocycles. The van der Waals surface area contributed by atoms with Gasteiger partial charge in [0, 0.05) is 18.2 Å². The Bertz CT molecular complexity index is 512. The first-order chi connectivity index (χ1) is 10.3. The number of amides is 1. The van der Waals surface area contributed by atoms with Crippen LogP contribution in [-0.2, 0) is 0 Å². The molecule has 1 amide bonds. The van der Waals surface area contributed by atoms with Crippen LogP contribution in [0.4, 0.5) is 0 Å². The van der Waals surface area contributed by atoms with Crippen molar-refractivity contribution in [3.8, 4) is 11.5 Å². The number of rotatable bonds is 4. The lowest BCUT2D eigenvalue weighted by Gasteiger charge is -2.30. The van der Waals surface area contributed by atoms with Gasteiger partial charge in [-0.15, -0.1) is 0 Å². The number of nitrogens with one attached hydrogen (secondary N) is 1. The van der Waals surface area contributed by atoms with E-state index in [-0.39, 0.29) is 18.7 Å². The average molecular weight is 290 g/mol. The maximum Gasteiger partial charge on any atom is 0.251 e. The summed E-state index contributed by atoms with van der Waals surface area (Å²) in [6, 6.07) is 5.32. The topological polar surface area (TPSA) is 73.6 Å². The molecule has 1 atom stereocenters. The van der Waals surface area contributed by atoms with E-state index in [1.807, 2.05) is 0 Å². The first-order valence-corrected chi connectivity index (χ1v) is 7.68. The maximum atomic E-state index is 12.4. The lowest BCUT2D eigenvalue weighted by Crippen LogP contribution is -2.45. The molecule has 1 fully saturated rings. The summed E-state index contributed by atoms with van der Waals surface area (Å²) >= 11 is 0. The zero-order valence-corrected chi connectivity index (χ0v) is 12.1. The van der Waals surface area contributed by atoms with Crippen LogP contribution in [-0.4, -0.2) is 25.3 Å². The van der Waals surface area contributed by atoms with Gasteiger partial charge >= 0.3 is 0 Å². The number of ether oxygens (including phenoxy) is 2. The van der Waals surface area contributed by atoms with Crippen LogP contribution in [0.15, 0.2) is 18.2 Å². The van der Waals surface area contributed by atoms with Crippen LogP contribution in [0.3, 0.4) is 0 Å². The van der Waals surface area contributed by atoms with Crippen molar-refractivity contribution in [1.29, 1.82) is 0 Å². The fraction of sp³-hybridized carbons (Fsp3) is 0.562. The minimum absolute atomic E-state index is 0.0585. The van der Waals surface area contributed by atoms with Gasteiger partial charge in [0.2, 0.25) is 6.79 Å². The van der Waals surface area contributed by atoms with Gasteiger partial charge in [0.25, 0.3) is 5.91 Å². The van der Waals surface area contributed by atoms with Gasteiger partial charge in [-0.1, -0.05) is 19.3 Å². The Labute approximate surface area is 124 Å². The molecule has 1 aliphatic heterocycles. The third-order valence-corrected chi connectivity index (χ3v) is 4.42. The standard InChI is InChI=1S/C16H22N2O3/c17-9-13(11-4-2-1-3-5-11)18-16(19)12-6-7-14-15(8-12)21-10-20-14/h6-8,11,13H,1-5,9-10,17H2,(H,18,19). The normalized spacial score (nSPS) is 19.3. The Hall–Kier alpha value is -1.75. The van der Waals surface area contributed by atoms with Gasteiger partial charge in [-0.25, -0.2) is 0 Å². The second kappa shape index (κ2) is 6.35. The minimum atomic E-state index is -0.0886. The third-order valence-electron chi connectivity index (χ3n) is 4.42. The van der Waals surface area contributed by atoms with Crippen LogP contribution in [0.5, 0.6) is 11.5 Å². The van der Waals surface area contributed by atoms with Crippen molar-refractivity contribution in [2.75, 3.05) is 13.3 Å². The molecule has 3 N–H and O–H groups in total. The van der Waals surface area contributed by atoms with Gasteiger partial charge < -0.3 is 20.5 Å². The molecular formula is C16H22N2O3. The second-order valence-corrected chi connectivity index (χ2v) is 5.78. The molecule has 0 bridgehead atoms. The van der Waals surface area contributed by atoms with E-state index in [9.17, 15) is 4.79 Å². The molecule has 114 valence electrons. The summed E-state index contributed by atoms with van der Waals surface area (Å²) in [6.07, 6.45) is 6.08. The predicted octanol–water partition coefficient (Wildman–Crippen LogP) is 2.05. The van der Waals surface area contributed by atoms with Gasteiger partial charge in [0.05, 0.1) is 0 Å². The number of carbonyl (C=O) groups excluding carboxylic acids is 1. The summed E-state index contributed by atoms with van der Waals surface area (Å²) in [5, 5.41) is 3.08. The molecule has 0 radical (unpaired) electrons. The van der Waals surface area contributed by atoms with Gasteiger partial charge in [-0.05, 0) is 37.0 Å². The third kappa shape index (κ3) is 3.13. The Morgan fingerprint density at radius 3 is 2.76 bits per heavy atom. The smallest absolute Gasteiger partial charge is 0.251 e. The highest BCUT2D eigenvalue weighted by molar-refractivity contribution is 5.95. The lowest BCUT2D eigenvalue weighted by molar-refractivity contribution is 0.0915. The maximum absolute atomic E-state index is 12.4.